The van der Waals surface area contributed by atoms with Crippen molar-refractivity contribution in [1.29, 1.82) is 0 Å². The van der Waals surface area contributed by atoms with Gasteiger partial charge in [-0.1, -0.05) is 24.3 Å². The zero-order chi connectivity index (χ0) is 20.6. The molecule has 0 aliphatic rings. The SMILES string of the molecule is O=C(CNc1ccccc1C(F)(F)F)N/N=C/C=C/c1ccccc1[N+](=O)[O-]. The maximum atomic E-state index is 12.9. The van der Waals surface area contributed by atoms with Crippen LogP contribution in [0.3, 0.4) is 0 Å². The predicted octanol–water partition coefficient (Wildman–Crippen LogP) is 3.84. The second kappa shape index (κ2) is 9.31. The van der Waals surface area contributed by atoms with E-state index < -0.39 is 29.1 Å². The molecule has 0 radical (unpaired) electrons. The number of nitrogens with one attached hydrogen (secondary N) is 2. The van der Waals surface area contributed by atoms with E-state index in [9.17, 15) is 28.1 Å². The summed E-state index contributed by atoms with van der Waals surface area (Å²) in [5, 5.41) is 16.9. The molecule has 2 aromatic rings. The Labute approximate surface area is 157 Å². The Morgan fingerprint density at radius 3 is 2.54 bits per heavy atom. The Morgan fingerprint density at radius 2 is 1.82 bits per heavy atom. The Morgan fingerprint density at radius 1 is 1.14 bits per heavy atom. The summed E-state index contributed by atoms with van der Waals surface area (Å²) in [7, 11) is 0. The van der Waals surface area contributed by atoms with Crippen molar-refractivity contribution in [1.82, 2.24) is 5.43 Å². The lowest BCUT2D eigenvalue weighted by molar-refractivity contribution is -0.385. The van der Waals surface area contributed by atoms with E-state index in [1.54, 1.807) is 12.1 Å². The number of amides is 1. The molecule has 2 aromatic carbocycles. The molecule has 146 valence electrons. The van der Waals surface area contributed by atoms with Crippen molar-refractivity contribution in [3.8, 4) is 0 Å². The standard InChI is InChI=1S/C18H15F3N4O3/c19-18(20,21)14-8-2-3-9-15(14)22-12-17(26)24-23-11-5-7-13-6-1-4-10-16(13)25(27)28/h1-11,22H,12H2,(H,24,26)/b7-5+,23-11+. The van der Waals surface area contributed by atoms with Crippen LogP contribution in [0, 0.1) is 10.1 Å². The lowest BCUT2D eigenvalue weighted by Crippen LogP contribution is -2.26. The lowest BCUT2D eigenvalue weighted by atomic mass is 10.1. The van der Waals surface area contributed by atoms with Crippen molar-refractivity contribution in [2.75, 3.05) is 11.9 Å². The maximum Gasteiger partial charge on any atom is 0.418 e. The monoisotopic (exact) mass is 392 g/mol. The fourth-order valence-corrected chi connectivity index (χ4v) is 2.19. The fraction of sp³-hybridized carbons (Fsp3) is 0.111. The third-order valence-corrected chi connectivity index (χ3v) is 3.43. The van der Waals surface area contributed by atoms with Gasteiger partial charge in [-0.2, -0.15) is 18.3 Å². The van der Waals surface area contributed by atoms with Gasteiger partial charge in [0.1, 0.15) is 0 Å². The Bertz CT molecular complexity index is 911. The second-order valence-corrected chi connectivity index (χ2v) is 5.39. The van der Waals surface area contributed by atoms with Crippen molar-refractivity contribution in [2.45, 2.75) is 6.18 Å². The zero-order valence-electron chi connectivity index (χ0n) is 14.3. The van der Waals surface area contributed by atoms with Gasteiger partial charge in [-0.25, -0.2) is 5.43 Å². The summed E-state index contributed by atoms with van der Waals surface area (Å²) in [6, 6.07) is 10.9. The van der Waals surface area contributed by atoms with Crippen LogP contribution in [0.1, 0.15) is 11.1 Å². The van der Waals surface area contributed by atoms with E-state index in [2.05, 4.69) is 15.8 Å². The number of hydrazone groups is 1. The summed E-state index contributed by atoms with van der Waals surface area (Å²) < 4.78 is 38.6. The summed E-state index contributed by atoms with van der Waals surface area (Å²) in [5.41, 5.74) is 1.32. The molecule has 0 saturated heterocycles. The van der Waals surface area contributed by atoms with Crippen molar-refractivity contribution < 1.29 is 22.9 Å². The minimum Gasteiger partial charge on any atom is -0.376 e. The molecule has 0 atom stereocenters. The number of benzene rings is 2. The molecular formula is C18H15F3N4O3. The molecule has 0 aromatic heterocycles. The highest BCUT2D eigenvalue weighted by molar-refractivity contribution is 5.84. The van der Waals surface area contributed by atoms with Crippen LogP contribution in [-0.4, -0.2) is 23.6 Å². The number of alkyl halides is 3. The number of para-hydroxylation sites is 2. The molecular weight excluding hydrogens is 377 g/mol. The number of hydrogen-bond donors (Lipinski definition) is 2. The number of anilines is 1. The second-order valence-electron chi connectivity index (χ2n) is 5.39. The van der Waals surface area contributed by atoms with Crippen molar-refractivity contribution in [3.63, 3.8) is 0 Å². The van der Waals surface area contributed by atoms with Gasteiger partial charge in [0.25, 0.3) is 11.6 Å². The Balaban J connectivity index is 1.88. The quantitative estimate of drug-likeness (QED) is 0.425. The highest BCUT2D eigenvalue weighted by Gasteiger charge is 2.33. The first kappa shape index (κ1) is 20.6. The van der Waals surface area contributed by atoms with E-state index in [-0.39, 0.29) is 11.4 Å². The number of carbonyl (C=O) groups excluding carboxylic acids is 1. The largest absolute Gasteiger partial charge is 0.418 e. The van der Waals surface area contributed by atoms with E-state index >= 15 is 0 Å². The number of nitrogens with zero attached hydrogens (tertiary/aromatic N) is 2. The van der Waals surface area contributed by atoms with Gasteiger partial charge in [-0.3, -0.25) is 14.9 Å². The van der Waals surface area contributed by atoms with Crippen LogP contribution in [0.2, 0.25) is 0 Å². The van der Waals surface area contributed by atoms with E-state index in [1.807, 2.05) is 0 Å². The topological polar surface area (TPSA) is 96.6 Å². The molecule has 2 rings (SSSR count). The summed E-state index contributed by atoms with van der Waals surface area (Å²) in [6.45, 7) is -0.418. The molecule has 0 spiro atoms. The van der Waals surface area contributed by atoms with E-state index in [4.69, 9.17) is 0 Å². The van der Waals surface area contributed by atoms with Crippen LogP contribution in [0.25, 0.3) is 6.08 Å². The van der Waals surface area contributed by atoms with Gasteiger partial charge >= 0.3 is 6.18 Å². The molecule has 0 aliphatic carbocycles. The average Bonchev–Trinajstić information content (AvgIpc) is 2.66. The van der Waals surface area contributed by atoms with Gasteiger partial charge in [0.15, 0.2) is 0 Å². The van der Waals surface area contributed by atoms with Gasteiger partial charge < -0.3 is 5.32 Å². The lowest BCUT2D eigenvalue weighted by Gasteiger charge is -2.13. The smallest absolute Gasteiger partial charge is 0.376 e. The number of allylic oxidation sites excluding steroid dienone is 1. The van der Waals surface area contributed by atoms with Gasteiger partial charge in [0.2, 0.25) is 0 Å². The summed E-state index contributed by atoms with van der Waals surface area (Å²) in [4.78, 5) is 22.0. The van der Waals surface area contributed by atoms with Gasteiger partial charge in [0, 0.05) is 18.0 Å². The molecule has 0 heterocycles. The Hall–Kier alpha value is -3.69. The first-order chi connectivity index (χ1) is 13.3. The molecule has 0 bridgehead atoms. The van der Waals surface area contributed by atoms with Gasteiger partial charge in [0.05, 0.1) is 22.6 Å². The summed E-state index contributed by atoms with van der Waals surface area (Å²) in [6.07, 6.45) is -0.526. The van der Waals surface area contributed by atoms with Crippen LogP contribution in [-0.2, 0) is 11.0 Å². The third-order valence-electron chi connectivity index (χ3n) is 3.43. The number of nitro benzene ring substituents is 1. The zero-order valence-corrected chi connectivity index (χ0v) is 14.3. The fourth-order valence-electron chi connectivity index (χ4n) is 2.19. The predicted molar refractivity (Wildman–Crippen MR) is 98.7 cm³/mol. The molecule has 0 fully saturated rings. The van der Waals surface area contributed by atoms with Crippen LogP contribution >= 0.6 is 0 Å². The molecule has 0 unspecified atom stereocenters. The molecule has 1 amide bonds. The molecule has 0 saturated carbocycles. The van der Waals surface area contributed by atoms with E-state index in [0.29, 0.717) is 5.56 Å². The average molecular weight is 392 g/mol. The van der Waals surface area contributed by atoms with E-state index in [1.165, 1.54) is 48.7 Å². The first-order valence-corrected chi connectivity index (χ1v) is 7.91. The molecule has 7 nitrogen and oxygen atoms in total. The third kappa shape index (κ3) is 5.94. The van der Waals surface area contributed by atoms with Gasteiger partial charge in [-0.15, -0.1) is 0 Å². The van der Waals surface area contributed by atoms with E-state index in [0.717, 1.165) is 6.07 Å². The highest BCUT2D eigenvalue weighted by Crippen LogP contribution is 2.34. The summed E-state index contributed by atoms with van der Waals surface area (Å²) >= 11 is 0. The van der Waals surface area contributed by atoms with Gasteiger partial charge in [-0.05, 0) is 30.4 Å². The van der Waals surface area contributed by atoms with Crippen molar-refractivity contribution >= 4 is 29.6 Å². The normalized spacial score (nSPS) is 11.7. The number of carbonyl (C=O) groups is 1. The molecule has 10 heteroatoms. The number of nitro groups is 1. The molecule has 2 N–H and O–H groups in total. The van der Waals surface area contributed by atoms with Crippen LogP contribution in [0.15, 0.2) is 59.7 Å². The summed E-state index contributed by atoms with van der Waals surface area (Å²) in [5.74, 6) is -0.660. The molecule has 28 heavy (non-hydrogen) atoms. The minimum atomic E-state index is -4.54. The highest BCUT2D eigenvalue weighted by atomic mass is 19.4. The Kier molecular flexibility index (Phi) is 6.85. The van der Waals surface area contributed by atoms with Crippen LogP contribution in [0.4, 0.5) is 24.5 Å². The van der Waals surface area contributed by atoms with Crippen LogP contribution < -0.4 is 10.7 Å². The van der Waals surface area contributed by atoms with Crippen molar-refractivity contribution in [2.24, 2.45) is 5.10 Å². The first-order valence-electron chi connectivity index (χ1n) is 7.91. The number of hydrogen-bond acceptors (Lipinski definition) is 5. The number of halogens is 3. The van der Waals surface area contributed by atoms with Crippen molar-refractivity contribution in [3.05, 3.63) is 75.8 Å². The molecule has 0 aliphatic heterocycles. The minimum absolute atomic E-state index is 0.0799. The maximum absolute atomic E-state index is 12.9. The number of rotatable bonds is 7. The van der Waals surface area contributed by atoms with Crippen LogP contribution in [0.5, 0.6) is 0 Å².